The second kappa shape index (κ2) is 12.9. The molecule has 0 radical (unpaired) electrons. The molecule has 0 spiro atoms. The highest BCUT2D eigenvalue weighted by Crippen LogP contribution is 2.38. The molecule has 0 atom stereocenters. The molecule has 0 heterocycles. The van der Waals surface area contributed by atoms with E-state index in [1.54, 1.807) is 36.4 Å². The number of benzene rings is 3. The van der Waals surface area contributed by atoms with Gasteiger partial charge >= 0.3 is 0 Å². The molecule has 0 aliphatic carbocycles. The van der Waals surface area contributed by atoms with Crippen molar-refractivity contribution in [3.63, 3.8) is 0 Å². The fourth-order valence-electron chi connectivity index (χ4n) is 3.63. The minimum absolute atomic E-state index is 0.00555. The number of anilines is 1. The second-order valence-electron chi connectivity index (χ2n) is 9.64. The van der Waals surface area contributed by atoms with E-state index in [1.165, 1.54) is 33.5 Å². The highest BCUT2D eigenvalue weighted by molar-refractivity contribution is 7.80. The minimum atomic E-state index is -0.556. The second-order valence-corrected chi connectivity index (χ2v) is 10.0. The van der Waals surface area contributed by atoms with Crippen LogP contribution in [0.5, 0.6) is 17.2 Å². The lowest BCUT2D eigenvalue weighted by Gasteiger charge is -2.19. The van der Waals surface area contributed by atoms with Crippen molar-refractivity contribution < 1.29 is 28.6 Å². The molecule has 210 valence electrons. The zero-order valence-corrected chi connectivity index (χ0v) is 23.9. The van der Waals surface area contributed by atoms with Crippen LogP contribution < -0.4 is 35.7 Å². The Bertz CT molecular complexity index is 1370. The van der Waals surface area contributed by atoms with Gasteiger partial charge in [-0.15, -0.1) is 0 Å². The summed E-state index contributed by atoms with van der Waals surface area (Å²) in [5.41, 5.74) is 7.60. The normalized spacial score (nSPS) is 10.7. The van der Waals surface area contributed by atoms with Crippen LogP contribution in [0.3, 0.4) is 0 Å². The van der Waals surface area contributed by atoms with E-state index < -0.39 is 11.8 Å². The summed E-state index contributed by atoms with van der Waals surface area (Å²) in [5.74, 6) is -0.365. The van der Waals surface area contributed by atoms with E-state index in [-0.39, 0.29) is 22.0 Å². The summed E-state index contributed by atoms with van der Waals surface area (Å²) in [7, 11) is 4.33. The Morgan fingerprint density at radius 3 is 1.70 bits per heavy atom. The molecule has 0 saturated carbocycles. The third-order valence-corrected chi connectivity index (χ3v) is 6.07. The first kappa shape index (κ1) is 29.9. The predicted molar refractivity (Wildman–Crippen MR) is 156 cm³/mol. The van der Waals surface area contributed by atoms with Crippen molar-refractivity contribution in [2.24, 2.45) is 0 Å². The summed E-state index contributed by atoms with van der Waals surface area (Å²) in [6, 6.07) is 16.7. The number of carbonyl (C=O) groups is 3. The maximum Gasteiger partial charge on any atom is 0.269 e. The van der Waals surface area contributed by atoms with E-state index in [2.05, 4.69) is 42.3 Å². The Labute approximate surface area is 238 Å². The van der Waals surface area contributed by atoms with Crippen LogP contribution in [0.4, 0.5) is 5.69 Å². The summed E-state index contributed by atoms with van der Waals surface area (Å²) in [4.78, 5) is 37.8. The Hall–Kier alpha value is -4.64. The van der Waals surface area contributed by atoms with Crippen molar-refractivity contribution in [2.75, 3.05) is 26.6 Å². The summed E-state index contributed by atoms with van der Waals surface area (Å²) in [6.45, 7) is 6.32. The molecule has 0 aliphatic heterocycles. The number of methoxy groups -OCH3 is 3. The summed E-state index contributed by atoms with van der Waals surface area (Å²) in [6.07, 6.45) is 0. The van der Waals surface area contributed by atoms with Gasteiger partial charge in [0.05, 0.1) is 21.3 Å². The van der Waals surface area contributed by atoms with Gasteiger partial charge in [0.15, 0.2) is 16.6 Å². The van der Waals surface area contributed by atoms with Crippen LogP contribution >= 0.6 is 12.2 Å². The molecule has 3 rings (SSSR count). The van der Waals surface area contributed by atoms with Crippen LogP contribution in [-0.4, -0.2) is 44.2 Å². The van der Waals surface area contributed by atoms with Crippen molar-refractivity contribution in [1.82, 2.24) is 16.2 Å². The fraction of sp³-hybridized carbons (Fsp3) is 0.241. The molecule has 0 bridgehead atoms. The van der Waals surface area contributed by atoms with Crippen LogP contribution in [0.2, 0.25) is 0 Å². The summed E-state index contributed by atoms with van der Waals surface area (Å²) >= 11 is 5.12. The number of hydrogen-bond acceptors (Lipinski definition) is 7. The number of nitrogens with one attached hydrogen (secondary N) is 4. The minimum Gasteiger partial charge on any atom is -0.493 e. The van der Waals surface area contributed by atoms with Gasteiger partial charge in [-0.3, -0.25) is 30.6 Å². The molecule has 40 heavy (non-hydrogen) atoms. The van der Waals surface area contributed by atoms with Gasteiger partial charge in [0, 0.05) is 22.4 Å². The van der Waals surface area contributed by atoms with Gasteiger partial charge in [-0.05, 0) is 71.7 Å². The number of ether oxygens (including phenoxy) is 3. The van der Waals surface area contributed by atoms with Crippen molar-refractivity contribution >= 4 is 40.7 Å². The molecule has 0 aliphatic rings. The van der Waals surface area contributed by atoms with Gasteiger partial charge in [-0.1, -0.05) is 32.9 Å². The third-order valence-electron chi connectivity index (χ3n) is 5.86. The molecule has 0 fully saturated rings. The molecule has 0 unspecified atom stereocenters. The van der Waals surface area contributed by atoms with Crippen LogP contribution in [-0.2, 0) is 5.41 Å². The number of hydrazine groups is 1. The third kappa shape index (κ3) is 7.48. The first-order valence-corrected chi connectivity index (χ1v) is 12.6. The highest BCUT2D eigenvalue weighted by atomic mass is 32.1. The smallest absolute Gasteiger partial charge is 0.269 e. The highest BCUT2D eigenvalue weighted by Gasteiger charge is 2.18. The molecule has 0 saturated heterocycles. The topological polar surface area (TPSA) is 127 Å². The van der Waals surface area contributed by atoms with Crippen LogP contribution in [0, 0.1) is 0 Å². The van der Waals surface area contributed by atoms with Crippen molar-refractivity contribution in [2.45, 2.75) is 26.2 Å². The molecule has 0 aromatic heterocycles. The molecule has 4 N–H and O–H groups in total. The summed E-state index contributed by atoms with van der Waals surface area (Å²) in [5, 5.41) is 5.15. The molecular formula is C29H32N4O6S. The van der Waals surface area contributed by atoms with Gasteiger partial charge in [0.1, 0.15) is 0 Å². The molecule has 3 aromatic rings. The molecule has 3 aromatic carbocycles. The molecular weight excluding hydrogens is 532 g/mol. The first-order valence-electron chi connectivity index (χ1n) is 12.2. The first-order chi connectivity index (χ1) is 19.0. The average Bonchev–Trinajstić information content (AvgIpc) is 2.94. The van der Waals surface area contributed by atoms with Crippen molar-refractivity contribution in [3.8, 4) is 17.2 Å². The lowest BCUT2D eigenvalue weighted by molar-refractivity contribution is 0.0934. The number of carbonyl (C=O) groups excluding carboxylic acids is 3. The lowest BCUT2D eigenvalue weighted by atomic mass is 9.87. The van der Waals surface area contributed by atoms with Gasteiger partial charge in [0.2, 0.25) is 5.75 Å². The van der Waals surface area contributed by atoms with E-state index in [0.29, 0.717) is 34.1 Å². The number of rotatable bonds is 7. The van der Waals surface area contributed by atoms with Gasteiger partial charge in [-0.2, -0.15) is 0 Å². The van der Waals surface area contributed by atoms with Crippen LogP contribution in [0.25, 0.3) is 0 Å². The van der Waals surface area contributed by atoms with Gasteiger partial charge in [0.25, 0.3) is 17.7 Å². The van der Waals surface area contributed by atoms with Crippen molar-refractivity contribution in [1.29, 1.82) is 0 Å². The van der Waals surface area contributed by atoms with E-state index in [4.69, 9.17) is 26.4 Å². The molecule has 10 nitrogen and oxygen atoms in total. The average molecular weight is 565 g/mol. The molecule has 11 heteroatoms. The zero-order chi connectivity index (χ0) is 29.4. The quantitative estimate of drug-likeness (QED) is 0.248. The van der Waals surface area contributed by atoms with Crippen LogP contribution in [0.1, 0.15) is 57.4 Å². The predicted octanol–water partition coefficient (Wildman–Crippen LogP) is 4.21. The maximum atomic E-state index is 12.7. The van der Waals surface area contributed by atoms with Gasteiger partial charge in [-0.25, -0.2) is 0 Å². The molecule has 3 amide bonds. The van der Waals surface area contributed by atoms with E-state index >= 15 is 0 Å². The Balaban J connectivity index is 1.54. The SMILES string of the molecule is COc1cc(C(=O)NC(=S)NNC(=O)c2ccc(NC(=O)c3ccc(C(C)(C)C)cc3)cc2)cc(OC)c1OC. The summed E-state index contributed by atoms with van der Waals surface area (Å²) < 4.78 is 15.8. The van der Waals surface area contributed by atoms with Crippen LogP contribution in [0.15, 0.2) is 60.7 Å². The lowest BCUT2D eigenvalue weighted by Crippen LogP contribution is -2.48. The van der Waals surface area contributed by atoms with E-state index in [1.807, 2.05) is 12.1 Å². The Morgan fingerprint density at radius 2 is 1.20 bits per heavy atom. The maximum absolute atomic E-state index is 12.7. The zero-order valence-electron chi connectivity index (χ0n) is 23.1. The number of thiocarbonyl (C=S) groups is 1. The van der Waals surface area contributed by atoms with E-state index in [0.717, 1.165) is 5.56 Å². The van der Waals surface area contributed by atoms with Gasteiger partial charge < -0.3 is 19.5 Å². The standard InChI is InChI=1S/C29H32N4O6S/c1-29(2,3)20-11-7-17(8-12-20)25(34)30-21-13-9-18(10-14-21)27(36)32-33-28(40)31-26(35)19-15-22(37-4)24(39-6)23(16-19)38-5/h7-16H,1-6H3,(H,30,34)(H,32,36)(H2,31,33,35,40). The largest absolute Gasteiger partial charge is 0.493 e. The van der Waals surface area contributed by atoms with E-state index in [9.17, 15) is 14.4 Å². The Morgan fingerprint density at radius 1 is 0.675 bits per heavy atom. The fourth-order valence-corrected chi connectivity index (χ4v) is 3.78. The monoisotopic (exact) mass is 564 g/mol. The van der Waals surface area contributed by atoms with Crippen molar-refractivity contribution in [3.05, 3.63) is 82.9 Å². The number of amides is 3. The number of hydrogen-bond donors (Lipinski definition) is 4. The Kier molecular flexibility index (Phi) is 9.68.